The Morgan fingerprint density at radius 3 is 2.75 bits per heavy atom. The van der Waals surface area contributed by atoms with E-state index in [9.17, 15) is 4.79 Å². The molecule has 16 heavy (non-hydrogen) atoms. The van der Waals surface area contributed by atoms with Crippen LogP contribution in [-0.2, 0) is 4.79 Å². The molecule has 0 aromatic rings. The van der Waals surface area contributed by atoms with Crippen molar-refractivity contribution in [2.24, 2.45) is 5.92 Å². The van der Waals surface area contributed by atoms with Gasteiger partial charge in [-0.25, -0.2) is 0 Å². The number of rotatable bonds is 2. The molecule has 4 nitrogen and oxygen atoms in total. The van der Waals surface area contributed by atoms with Gasteiger partial charge in [-0.15, -0.1) is 0 Å². The van der Waals surface area contributed by atoms with Gasteiger partial charge in [-0.05, 0) is 18.8 Å². The van der Waals surface area contributed by atoms with Crippen molar-refractivity contribution in [3.63, 3.8) is 0 Å². The minimum atomic E-state index is -0.0390. The van der Waals surface area contributed by atoms with E-state index in [4.69, 9.17) is 0 Å². The molecule has 3 unspecified atom stereocenters. The van der Waals surface area contributed by atoms with Gasteiger partial charge in [0, 0.05) is 25.7 Å². The lowest BCUT2D eigenvalue weighted by Gasteiger charge is -2.32. The molecule has 3 atom stereocenters. The molecule has 0 aromatic carbocycles. The first-order valence-corrected chi connectivity index (χ1v) is 6.52. The van der Waals surface area contributed by atoms with Crippen molar-refractivity contribution in [3.05, 3.63) is 0 Å². The van der Waals surface area contributed by atoms with E-state index in [1.165, 1.54) is 19.3 Å². The zero-order valence-electron chi connectivity index (χ0n) is 10.1. The second-order valence-corrected chi connectivity index (χ2v) is 5.09. The normalized spacial score (nSPS) is 35.7. The largest absolute Gasteiger partial charge is 0.352 e. The molecule has 1 aliphatic heterocycles. The van der Waals surface area contributed by atoms with Gasteiger partial charge in [0.2, 0.25) is 5.91 Å². The molecule has 0 radical (unpaired) electrons. The van der Waals surface area contributed by atoms with Crippen molar-refractivity contribution in [1.29, 1.82) is 0 Å². The second kappa shape index (κ2) is 5.64. The van der Waals surface area contributed by atoms with Crippen LogP contribution in [0.2, 0.25) is 0 Å². The second-order valence-electron chi connectivity index (χ2n) is 5.09. The zero-order valence-corrected chi connectivity index (χ0v) is 10.1. The lowest BCUT2D eigenvalue weighted by atomic mass is 9.86. The maximum Gasteiger partial charge on any atom is 0.238 e. The molecular weight excluding hydrogens is 202 g/mol. The van der Waals surface area contributed by atoms with Gasteiger partial charge in [0.05, 0.1) is 6.04 Å². The smallest absolute Gasteiger partial charge is 0.238 e. The minimum Gasteiger partial charge on any atom is -0.352 e. The van der Waals surface area contributed by atoms with Crippen molar-refractivity contribution in [2.75, 3.05) is 19.6 Å². The van der Waals surface area contributed by atoms with Crippen LogP contribution in [0.3, 0.4) is 0 Å². The van der Waals surface area contributed by atoms with Crippen LogP contribution in [0.5, 0.6) is 0 Å². The summed E-state index contributed by atoms with van der Waals surface area (Å²) < 4.78 is 0. The lowest BCUT2D eigenvalue weighted by Crippen LogP contribution is -2.58. The molecule has 2 aliphatic rings. The maximum absolute atomic E-state index is 12.0. The van der Waals surface area contributed by atoms with Crippen molar-refractivity contribution in [2.45, 2.75) is 44.7 Å². The van der Waals surface area contributed by atoms with Gasteiger partial charge in [0.15, 0.2) is 0 Å². The zero-order chi connectivity index (χ0) is 11.4. The predicted molar refractivity (Wildman–Crippen MR) is 64.2 cm³/mol. The van der Waals surface area contributed by atoms with Gasteiger partial charge in [-0.3, -0.25) is 4.79 Å². The number of amides is 1. The van der Waals surface area contributed by atoms with Crippen molar-refractivity contribution in [3.8, 4) is 0 Å². The summed E-state index contributed by atoms with van der Waals surface area (Å²) in [5.41, 5.74) is 0. The molecule has 1 heterocycles. The highest BCUT2D eigenvalue weighted by molar-refractivity contribution is 5.82. The maximum atomic E-state index is 12.0. The van der Waals surface area contributed by atoms with Crippen molar-refractivity contribution < 1.29 is 4.79 Å². The molecule has 0 aromatic heterocycles. The van der Waals surface area contributed by atoms with Gasteiger partial charge < -0.3 is 16.0 Å². The summed E-state index contributed by atoms with van der Waals surface area (Å²) in [5.74, 6) is 0.806. The van der Waals surface area contributed by atoms with E-state index >= 15 is 0 Å². The summed E-state index contributed by atoms with van der Waals surface area (Å²) in [6.07, 6.45) is 4.97. The number of nitrogens with one attached hydrogen (secondary N) is 3. The Kier molecular flexibility index (Phi) is 4.18. The molecular formula is C12H23N3O. The third-order valence-corrected chi connectivity index (χ3v) is 3.80. The minimum absolute atomic E-state index is 0.0390. The van der Waals surface area contributed by atoms with E-state index in [0.29, 0.717) is 12.0 Å². The van der Waals surface area contributed by atoms with E-state index in [1.807, 2.05) is 0 Å². The fourth-order valence-corrected chi connectivity index (χ4v) is 2.65. The Hall–Kier alpha value is -0.610. The molecule has 2 fully saturated rings. The van der Waals surface area contributed by atoms with Crippen LogP contribution in [0.15, 0.2) is 0 Å². The van der Waals surface area contributed by atoms with E-state index < -0.39 is 0 Å². The van der Waals surface area contributed by atoms with Gasteiger partial charge in [-0.2, -0.15) is 0 Å². The van der Waals surface area contributed by atoms with E-state index in [2.05, 4.69) is 22.9 Å². The van der Waals surface area contributed by atoms with Crippen LogP contribution in [0.25, 0.3) is 0 Å². The first-order valence-electron chi connectivity index (χ1n) is 6.52. The van der Waals surface area contributed by atoms with Gasteiger partial charge in [-0.1, -0.05) is 19.8 Å². The molecule has 0 bridgehead atoms. The van der Waals surface area contributed by atoms with Gasteiger partial charge >= 0.3 is 0 Å². The monoisotopic (exact) mass is 225 g/mol. The number of hydrogen-bond acceptors (Lipinski definition) is 3. The molecule has 92 valence electrons. The quantitative estimate of drug-likeness (QED) is 0.631. The predicted octanol–water partition coefficient (Wildman–Crippen LogP) is 0.243. The number of carbonyl (C=O) groups is 1. The fraction of sp³-hybridized carbons (Fsp3) is 0.917. The molecule has 4 heteroatoms. The Morgan fingerprint density at radius 2 is 2.06 bits per heavy atom. The first kappa shape index (κ1) is 11.9. The molecule has 3 N–H and O–H groups in total. The highest BCUT2D eigenvalue weighted by atomic mass is 16.2. The highest BCUT2D eigenvalue weighted by Gasteiger charge is 2.26. The summed E-state index contributed by atoms with van der Waals surface area (Å²) in [6, 6.07) is 0.354. The molecule has 1 saturated heterocycles. The Labute approximate surface area is 97.6 Å². The SMILES string of the molecule is CC1CCCCC1NC(=O)C1CNCCN1. The third-order valence-electron chi connectivity index (χ3n) is 3.80. The van der Waals surface area contributed by atoms with Crippen LogP contribution in [0, 0.1) is 5.92 Å². The highest BCUT2D eigenvalue weighted by Crippen LogP contribution is 2.23. The summed E-state index contributed by atoms with van der Waals surface area (Å²) in [6.45, 7) is 4.85. The van der Waals surface area contributed by atoms with Gasteiger partial charge in [0.1, 0.15) is 0 Å². The fourth-order valence-electron chi connectivity index (χ4n) is 2.65. The number of piperazine rings is 1. The molecule has 1 aliphatic carbocycles. The topological polar surface area (TPSA) is 53.2 Å². The Morgan fingerprint density at radius 1 is 1.25 bits per heavy atom. The average molecular weight is 225 g/mol. The van der Waals surface area contributed by atoms with Crippen LogP contribution < -0.4 is 16.0 Å². The van der Waals surface area contributed by atoms with Crippen LogP contribution >= 0.6 is 0 Å². The van der Waals surface area contributed by atoms with E-state index in [-0.39, 0.29) is 11.9 Å². The average Bonchev–Trinajstić information content (AvgIpc) is 2.33. The first-order chi connectivity index (χ1) is 7.77. The van der Waals surface area contributed by atoms with Crippen LogP contribution in [0.4, 0.5) is 0 Å². The van der Waals surface area contributed by atoms with E-state index in [1.54, 1.807) is 0 Å². The van der Waals surface area contributed by atoms with E-state index in [0.717, 1.165) is 26.1 Å². The Bertz CT molecular complexity index is 238. The summed E-state index contributed by atoms with van der Waals surface area (Å²) in [5, 5.41) is 9.69. The summed E-state index contributed by atoms with van der Waals surface area (Å²) in [7, 11) is 0. The van der Waals surface area contributed by atoms with Crippen molar-refractivity contribution in [1.82, 2.24) is 16.0 Å². The number of carbonyl (C=O) groups excluding carboxylic acids is 1. The van der Waals surface area contributed by atoms with Crippen LogP contribution in [0.1, 0.15) is 32.6 Å². The molecule has 0 spiro atoms. The molecule has 1 saturated carbocycles. The Balaban J connectivity index is 1.80. The summed E-state index contributed by atoms with van der Waals surface area (Å²) >= 11 is 0. The molecule has 2 rings (SSSR count). The third kappa shape index (κ3) is 2.95. The molecule has 1 amide bonds. The van der Waals surface area contributed by atoms with Crippen LogP contribution in [-0.4, -0.2) is 37.6 Å². The number of hydrogen-bond donors (Lipinski definition) is 3. The van der Waals surface area contributed by atoms with Gasteiger partial charge in [0.25, 0.3) is 0 Å². The lowest BCUT2D eigenvalue weighted by molar-refractivity contribution is -0.124. The summed E-state index contributed by atoms with van der Waals surface area (Å²) in [4.78, 5) is 12.0. The standard InChI is InChI=1S/C12H23N3O/c1-9-4-2-3-5-10(9)15-12(16)11-8-13-6-7-14-11/h9-11,13-14H,2-8H2,1H3,(H,15,16). The van der Waals surface area contributed by atoms with Crippen molar-refractivity contribution >= 4 is 5.91 Å².